The second-order valence-corrected chi connectivity index (χ2v) is 7.41. The molecule has 6 nitrogen and oxygen atoms in total. The lowest BCUT2D eigenvalue weighted by Crippen LogP contribution is -2.19. The molecule has 0 aliphatic carbocycles. The number of nitrogens with two attached hydrogens (primary N) is 1. The van der Waals surface area contributed by atoms with Crippen LogP contribution in [0.3, 0.4) is 0 Å². The van der Waals surface area contributed by atoms with Crippen molar-refractivity contribution in [2.24, 2.45) is 5.10 Å². The minimum absolute atomic E-state index is 0.118. The molecule has 9 heteroatoms. The summed E-state index contributed by atoms with van der Waals surface area (Å²) in [7, 11) is 0. The predicted octanol–water partition coefficient (Wildman–Crippen LogP) is 4.30. The SMILES string of the molecule is Nc1nc(CC(=O)N/N=C/c2cccc(OCc3c(Cl)cccc3Cl)c2)cs1. The van der Waals surface area contributed by atoms with E-state index in [1.54, 1.807) is 29.6 Å². The zero-order valence-corrected chi connectivity index (χ0v) is 16.9. The normalized spacial score (nSPS) is 10.9. The molecule has 28 heavy (non-hydrogen) atoms. The minimum atomic E-state index is -0.276. The molecular weight excluding hydrogens is 419 g/mol. The summed E-state index contributed by atoms with van der Waals surface area (Å²) in [6, 6.07) is 12.6. The molecule has 0 atom stereocenters. The third-order valence-electron chi connectivity index (χ3n) is 3.62. The van der Waals surface area contributed by atoms with E-state index in [9.17, 15) is 4.79 Å². The monoisotopic (exact) mass is 434 g/mol. The van der Waals surface area contributed by atoms with E-state index < -0.39 is 0 Å². The Labute approximate surface area is 176 Å². The number of aromatic nitrogens is 1. The van der Waals surface area contributed by atoms with Gasteiger partial charge in [-0.05, 0) is 29.8 Å². The van der Waals surface area contributed by atoms with Crippen LogP contribution in [0.4, 0.5) is 5.13 Å². The molecule has 0 saturated heterocycles. The quantitative estimate of drug-likeness (QED) is 0.428. The Balaban J connectivity index is 1.55. The summed E-state index contributed by atoms with van der Waals surface area (Å²) >= 11 is 13.6. The first-order valence-electron chi connectivity index (χ1n) is 8.19. The van der Waals surface area contributed by atoms with Gasteiger partial charge in [-0.15, -0.1) is 11.3 Å². The Morgan fingerprint density at radius 3 is 2.71 bits per heavy atom. The number of hydrogen-bond donors (Lipinski definition) is 2. The summed E-state index contributed by atoms with van der Waals surface area (Å²) in [5.74, 6) is 0.353. The van der Waals surface area contributed by atoms with E-state index in [1.807, 2.05) is 18.2 Å². The maximum Gasteiger partial charge on any atom is 0.246 e. The highest BCUT2D eigenvalue weighted by Crippen LogP contribution is 2.26. The molecule has 0 radical (unpaired) electrons. The van der Waals surface area contributed by atoms with Crippen LogP contribution in [0, 0.1) is 0 Å². The first-order chi connectivity index (χ1) is 13.5. The number of hydrazone groups is 1. The molecule has 0 saturated carbocycles. The number of rotatable bonds is 7. The Kier molecular flexibility index (Phi) is 6.86. The van der Waals surface area contributed by atoms with Crippen molar-refractivity contribution in [1.82, 2.24) is 10.4 Å². The fourth-order valence-electron chi connectivity index (χ4n) is 2.30. The van der Waals surface area contributed by atoms with Crippen molar-refractivity contribution < 1.29 is 9.53 Å². The largest absolute Gasteiger partial charge is 0.489 e. The molecule has 144 valence electrons. The van der Waals surface area contributed by atoms with Crippen molar-refractivity contribution in [3.8, 4) is 5.75 Å². The number of halogens is 2. The zero-order chi connectivity index (χ0) is 19.9. The number of thiazole rings is 1. The van der Waals surface area contributed by atoms with Crippen molar-refractivity contribution in [2.45, 2.75) is 13.0 Å². The van der Waals surface area contributed by atoms with Crippen LogP contribution < -0.4 is 15.9 Å². The highest BCUT2D eigenvalue weighted by Gasteiger charge is 2.07. The van der Waals surface area contributed by atoms with E-state index in [1.165, 1.54) is 17.6 Å². The second-order valence-electron chi connectivity index (χ2n) is 5.71. The number of amides is 1. The van der Waals surface area contributed by atoms with Crippen LogP contribution >= 0.6 is 34.5 Å². The van der Waals surface area contributed by atoms with E-state index in [-0.39, 0.29) is 18.9 Å². The Hall–Kier alpha value is -2.61. The number of nitrogens with zero attached hydrogens (tertiary/aromatic N) is 2. The molecule has 0 fully saturated rings. The number of nitrogen functional groups attached to an aromatic ring is 1. The fourth-order valence-corrected chi connectivity index (χ4v) is 3.37. The third kappa shape index (κ3) is 5.69. The maximum atomic E-state index is 11.9. The van der Waals surface area contributed by atoms with E-state index in [0.717, 1.165) is 11.1 Å². The molecule has 3 rings (SSSR count). The summed E-state index contributed by atoms with van der Waals surface area (Å²) in [4.78, 5) is 15.9. The van der Waals surface area contributed by atoms with E-state index >= 15 is 0 Å². The van der Waals surface area contributed by atoms with Gasteiger partial charge in [-0.3, -0.25) is 4.79 Å². The average molecular weight is 435 g/mol. The second kappa shape index (κ2) is 9.54. The van der Waals surface area contributed by atoms with Crippen molar-refractivity contribution in [3.63, 3.8) is 0 Å². The summed E-state index contributed by atoms with van der Waals surface area (Å²) in [6.45, 7) is 0.243. The highest BCUT2D eigenvalue weighted by molar-refractivity contribution is 7.13. The average Bonchev–Trinajstić information content (AvgIpc) is 3.06. The van der Waals surface area contributed by atoms with Gasteiger partial charge in [-0.1, -0.05) is 41.4 Å². The maximum absolute atomic E-state index is 11.9. The molecular formula is C19H16Cl2N4O2S. The summed E-state index contributed by atoms with van der Waals surface area (Å²) < 4.78 is 5.77. The number of hydrogen-bond acceptors (Lipinski definition) is 6. The first-order valence-corrected chi connectivity index (χ1v) is 9.82. The number of carbonyl (C=O) groups excluding carboxylic acids is 1. The first kappa shape index (κ1) is 20.1. The van der Waals surface area contributed by atoms with Crippen LogP contribution in [0.2, 0.25) is 10.0 Å². The lowest BCUT2D eigenvalue weighted by atomic mass is 10.2. The van der Waals surface area contributed by atoms with Gasteiger partial charge in [-0.2, -0.15) is 5.10 Å². The Bertz CT molecular complexity index is 987. The van der Waals surface area contributed by atoms with Crippen LogP contribution in [0.25, 0.3) is 0 Å². The molecule has 2 aromatic carbocycles. The third-order valence-corrected chi connectivity index (χ3v) is 5.05. The van der Waals surface area contributed by atoms with Crippen LogP contribution in [0.1, 0.15) is 16.8 Å². The Morgan fingerprint density at radius 2 is 2.00 bits per heavy atom. The van der Waals surface area contributed by atoms with Crippen LogP contribution in [-0.4, -0.2) is 17.1 Å². The van der Waals surface area contributed by atoms with Gasteiger partial charge in [0.1, 0.15) is 12.4 Å². The number of carbonyl (C=O) groups is 1. The summed E-state index contributed by atoms with van der Waals surface area (Å²) in [5, 5.41) is 7.23. The standard InChI is InChI=1S/C19H16Cl2N4O2S/c20-16-5-2-6-17(21)15(16)10-27-14-4-1-3-12(7-14)9-23-25-18(26)8-13-11-28-19(22)24-13/h1-7,9,11H,8,10H2,(H2,22,24)(H,25,26)/b23-9+. The van der Waals surface area contributed by atoms with E-state index in [4.69, 9.17) is 33.7 Å². The number of benzene rings is 2. The van der Waals surface area contributed by atoms with Gasteiger partial charge in [0.25, 0.3) is 0 Å². The highest BCUT2D eigenvalue weighted by atomic mass is 35.5. The smallest absolute Gasteiger partial charge is 0.246 e. The van der Waals surface area contributed by atoms with Crippen molar-refractivity contribution in [2.75, 3.05) is 5.73 Å². The molecule has 3 N–H and O–H groups in total. The zero-order valence-electron chi connectivity index (χ0n) is 14.6. The number of anilines is 1. The van der Waals surface area contributed by atoms with E-state index in [0.29, 0.717) is 26.6 Å². The van der Waals surface area contributed by atoms with Crippen molar-refractivity contribution in [3.05, 3.63) is 74.7 Å². The minimum Gasteiger partial charge on any atom is -0.489 e. The summed E-state index contributed by atoms with van der Waals surface area (Å²) in [5.41, 5.74) is 10.1. The topological polar surface area (TPSA) is 89.6 Å². The molecule has 3 aromatic rings. The molecule has 1 amide bonds. The van der Waals surface area contributed by atoms with Gasteiger partial charge in [0.05, 0.1) is 18.3 Å². The van der Waals surface area contributed by atoms with Crippen LogP contribution in [0.15, 0.2) is 52.9 Å². The number of nitrogens with one attached hydrogen (secondary N) is 1. The molecule has 0 spiro atoms. The van der Waals surface area contributed by atoms with Gasteiger partial charge >= 0.3 is 0 Å². The van der Waals surface area contributed by atoms with Crippen LogP contribution in [-0.2, 0) is 17.8 Å². The molecule has 0 unspecified atom stereocenters. The molecule has 1 heterocycles. The van der Waals surface area contributed by atoms with Gasteiger partial charge in [-0.25, -0.2) is 10.4 Å². The van der Waals surface area contributed by atoms with E-state index in [2.05, 4.69) is 15.5 Å². The van der Waals surface area contributed by atoms with Gasteiger partial charge in [0, 0.05) is 21.0 Å². The van der Waals surface area contributed by atoms with Crippen molar-refractivity contribution >= 4 is 51.8 Å². The molecule has 0 bridgehead atoms. The lowest BCUT2D eigenvalue weighted by Gasteiger charge is -2.09. The number of ether oxygens (including phenoxy) is 1. The molecule has 0 aliphatic heterocycles. The Morgan fingerprint density at radius 1 is 1.25 bits per heavy atom. The van der Waals surface area contributed by atoms with Gasteiger partial charge < -0.3 is 10.5 Å². The predicted molar refractivity (Wildman–Crippen MR) is 113 cm³/mol. The molecule has 1 aromatic heterocycles. The van der Waals surface area contributed by atoms with Gasteiger partial charge in [0.15, 0.2) is 5.13 Å². The fraction of sp³-hybridized carbons (Fsp3) is 0.105. The summed E-state index contributed by atoms with van der Waals surface area (Å²) in [6.07, 6.45) is 1.65. The lowest BCUT2D eigenvalue weighted by molar-refractivity contribution is -0.120. The van der Waals surface area contributed by atoms with Gasteiger partial charge in [0.2, 0.25) is 5.91 Å². The molecule has 0 aliphatic rings. The van der Waals surface area contributed by atoms with Crippen LogP contribution in [0.5, 0.6) is 5.75 Å². The van der Waals surface area contributed by atoms with Crippen molar-refractivity contribution in [1.29, 1.82) is 0 Å².